The Kier molecular flexibility index (Phi) is 4.15. The molecule has 0 bridgehead atoms. The molecule has 1 heteroatoms. The second-order valence-corrected chi connectivity index (χ2v) is 5.22. The Bertz CT molecular complexity index is 276. The van der Waals surface area contributed by atoms with E-state index < -0.39 is 0 Å². The van der Waals surface area contributed by atoms with Gasteiger partial charge in [-0.15, -0.1) is 0 Å². The average molecular weight is 208 g/mol. The fourth-order valence-electron chi connectivity index (χ4n) is 2.40. The van der Waals surface area contributed by atoms with Crippen molar-refractivity contribution in [2.24, 2.45) is 5.41 Å². The van der Waals surface area contributed by atoms with Gasteiger partial charge in [-0.2, -0.15) is 0 Å². The first-order valence-corrected chi connectivity index (χ1v) is 5.99. The average Bonchev–Trinajstić information content (AvgIpc) is 2.45. The van der Waals surface area contributed by atoms with Crippen molar-refractivity contribution in [1.29, 1.82) is 0 Å². The molecule has 86 valence electrons. The molecule has 1 aliphatic carbocycles. The third-order valence-corrected chi connectivity index (χ3v) is 3.71. The highest BCUT2D eigenvalue weighted by Crippen LogP contribution is 2.43. The molecule has 0 amide bonds. The molecular weight excluding hydrogens is 184 g/mol. The first kappa shape index (κ1) is 12.5. The van der Waals surface area contributed by atoms with Crippen LogP contribution in [0.1, 0.15) is 53.4 Å². The summed E-state index contributed by atoms with van der Waals surface area (Å²) in [6, 6.07) is 0. The molecule has 0 aromatic rings. The van der Waals surface area contributed by atoms with Gasteiger partial charge < -0.3 is 5.11 Å². The lowest BCUT2D eigenvalue weighted by Gasteiger charge is -2.22. The monoisotopic (exact) mass is 208 g/mol. The Morgan fingerprint density at radius 3 is 2.53 bits per heavy atom. The molecular formula is C14H24O. The van der Waals surface area contributed by atoms with Gasteiger partial charge in [0, 0.05) is 0 Å². The largest absolute Gasteiger partial charge is 0.392 e. The Morgan fingerprint density at radius 1 is 1.47 bits per heavy atom. The third kappa shape index (κ3) is 2.94. The van der Waals surface area contributed by atoms with Crippen molar-refractivity contribution in [3.05, 3.63) is 22.8 Å². The summed E-state index contributed by atoms with van der Waals surface area (Å²) in [5.41, 5.74) is 4.68. The summed E-state index contributed by atoms with van der Waals surface area (Å²) in [5, 5.41) is 9.11. The zero-order chi connectivity index (χ0) is 11.5. The molecule has 0 aromatic heterocycles. The van der Waals surface area contributed by atoms with Gasteiger partial charge >= 0.3 is 0 Å². The van der Waals surface area contributed by atoms with Crippen molar-refractivity contribution in [3.8, 4) is 0 Å². The minimum atomic E-state index is 0.212. The third-order valence-electron chi connectivity index (χ3n) is 3.71. The van der Waals surface area contributed by atoms with Gasteiger partial charge in [0.1, 0.15) is 0 Å². The zero-order valence-corrected chi connectivity index (χ0v) is 10.6. The van der Waals surface area contributed by atoms with E-state index in [9.17, 15) is 0 Å². The second kappa shape index (κ2) is 4.98. The van der Waals surface area contributed by atoms with E-state index in [1.807, 2.05) is 0 Å². The number of aliphatic hydroxyl groups is 1. The number of hydrogen-bond donors (Lipinski definition) is 1. The zero-order valence-electron chi connectivity index (χ0n) is 10.6. The minimum absolute atomic E-state index is 0.212. The first-order valence-electron chi connectivity index (χ1n) is 5.99. The van der Waals surface area contributed by atoms with E-state index in [1.165, 1.54) is 12.8 Å². The van der Waals surface area contributed by atoms with Crippen LogP contribution in [0.5, 0.6) is 0 Å². The minimum Gasteiger partial charge on any atom is -0.392 e. The molecule has 0 atom stereocenters. The van der Waals surface area contributed by atoms with Gasteiger partial charge in [0.25, 0.3) is 0 Å². The fourth-order valence-corrected chi connectivity index (χ4v) is 2.40. The van der Waals surface area contributed by atoms with E-state index in [0.717, 1.165) is 18.4 Å². The number of hydrogen-bond acceptors (Lipinski definition) is 1. The number of aliphatic hydroxyl groups excluding tert-OH is 1. The Hall–Kier alpha value is -0.560. The van der Waals surface area contributed by atoms with Crippen LogP contribution in [0.4, 0.5) is 0 Å². The van der Waals surface area contributed by atoms with E-state index in [4.69, 9.17) is 5.11 Å². The van der Waals surface area contributed by atoms with Gasteiger partial charge in [-0.1, -0.05) is 38.0 Å². The van der Waals surface area contributed by atoms with Gasteiger partial charge in [-0.3, -0.25) is 0 Å². The quantitative estimate of drug-likeness (QED) is 0.696. The Labute approximate surface area is 93.9 Å². The predicted octanol–water partition coefficient (Wildman–Crippen LogP) is 3.84. The summed E-state index contributed by atoms with van der Waals surface area (Å²) < 4.78 is 0. The van der Waals surface area contributed by atoms with E-state index in [0.29, 0.717) is 5.41 Å². The SMILES string of the molecule is CC/C(=C\CC1=C(C)CCC1(C)C)CO. The van der Waals surface area contributed by atoms with Crippen molar-refractivity contribution in [2.75, 3.05) is 6.61 Å². The molecule has 0 radical (unpaired) electrons. The van der Waals surface area contributed by atoms with Crippen LogP contribution in [-0.4, -0.2) is 11.7 Å². The highest BCUT2D eigenvalue weighted by molar-refractivity contribution is 5.28. The maximum absolute atomic E-state index is 9.11. The van der Waals surface area contributed by atoms with E-state index >= 15 is 0 Å². The van der Waals surface area contributed by atoms with E-state index in [2.05, 4.69) is 33.8 Å². The van der Waals surface area contributed by atoms with E-state index in [1.54, 1.807) is 11.1 Å². The van der Waals surface area contributed by atoms with Gasteiger partial charge in [0.15, 0.2) is 0 Å². The second-order valence-electron chi connectivity index (χ2n) is 5.22. The summed E-state index contributed by atoms with van der Waals surface area (Å²) in [6.07, 6.45) is 6.73. The van der Waals surface area contributed by atoms with Gasteiger partial charge in [0.05, 0.1) is 6.61 Å². The molecule has 0 aliphatic heterocycles. The van der Waals surface area contributed by atoms with Crippen LogP contribution in [0.2, 0.25) is 0 Å². The van der Waals surface area contributed by atoms with Crippen LogP contribution in [0.15, 0.2) is 22.8 Å². The maximum Gasteiger partial charge on any atom is 0.0641 e. The molecule has 0 saturated carbocycles. The molecule has 0 saturated heterocycles. The molecule has 1 nitrogen and oxygen atoms in total. The lowest BCUT2D eigenvalue weighted by Crippen LogP contribution is -2.09. The molecule has 1 aliphatic rings. The molecule has 0 heterocycles. The molecule has 0 spiro atoms. The molecule has 1 rings (SSSR count). The predicted molar refractivity (Wildman–Crippen MR) is 65.8 cm³/mol. The topological polar surface area (TPSA) is 20.2 Å². The molecule has 15 heavy (non-hydrogen) atoms. The van der Waals surface area contributed by atoms with Crippen molar-refractivity contribution in [3.63, 3.8) is 0 Å². The van der Waals surface area contributed by atoms with Crippen LogP contribution in [0.3, 0.4) is 0 Å². The smallest absolute Gasteiger partial charge is 0.0641 e. The Balaban J connectivity index is 2.73. The van der Waals surface area contributed by atoms with Crippen molar-refractivity contribution < 1.29 is 5.11 Å². The van der Waals surface area contributed by atoms with E-state index in [-0.39, 0.29) is 6.61 Å². The first-order chi connectivity index (χ1) is 7.01. The molecule has 0 unspecified atom stereocenters. The van der Waals surface area contributed by atoms with Crippen LogP contribution in [0, 0.1) is 5.41 Å². The lowest BCUT2D eigenvalue weighted by molar-refractivity contribution is 0.327. The number of rotatable bonds is 4. The highest BCUT2D eigenvalue weighted by atomic mass is 16.3. The normalized spacial score (nSPS) is 21.3. The summed E-state index contributed by atoms with van der Waals surface area (Å²) in [7, 11) is 0. The molecule has 1 N–H and O–H groups in total. The molecule has 0 fully saturated rings. The summed E-state index contributed by atoms with van der Waals surface area (Å²) in [4.78, 5) is 0. The van der Waals surface area contributed by atoms with Crippen molar-refractivity contribution >= 4 is 0 Å². The summed E-state index contributed by atoms with van der Waals surface area (Å²) in [6.45, 7) is 9.23. The summed E-state index contributed by atoms with van der Waals surface area (Å²) in [5.74, 6) is 0. The summed E-state index contributed by atoms with van der Waals surface area (Å²) >= 11 is 0. The lowest BCUT2D eigenvalue weighted by atomic mass is 9.83. The molecule has 0 aromatic carbocycles. The van der Waals surface area contributed by atoms with Crippen LogP contribution >= 0.6 is 0 Å². The van der Waals surface area contributed by atoms with Crippen LogP contribution in [0.25, 0.3) is 0 Å². The van der Waals surface area contributed by atoms with Crippen molar-refractivity contribution in [1.82, 2.24) is 0 Å². The van der Waals surface area contributed by atoms with Gasteiger partial charge in [-0.05, 0) is 43.6 Å². The van der Waals surface area contributed by atoms with Crippen molar-refractivity contribution in [2.45, 2.75) is 53.4 Å². The Morgan fingerprint density at radius 2 is 2.13 bits per heavy atom. The fraction of sp³-hybridized carbons (Fsp3) is 0.714. The maximum atomic E-state index is 9.11. The van der Waals surface area contributed by atoms with Gasteiger partial charge in [0.2, 0.25) is 0 Å². The standard InChI is InChI=1S/C14H24O/c1-5-12(10-15)6-7-13-11(2)8-9-14(13,3)4/h6,15H,5,7-10H2,1-4H3/b12-6+. The van der Waals surface area contributed by atoms with Gasteiger partial charge in [-0.25, -0.2) is 0 Å². The van der Waals surface area contributed by atoms with Crippen LogP contribution < -0.4 is 0 Å². The van der Waals surface area contributed by atoms with Crippen LogP contribution in [-0.2, 0) is 0 Å². The highest BCUT2D eigenvalue weighted by Gasteiger charge is 2.29. The number of allylic oxidation sites excluding steroid dienone is 3.